The molecule has 0 saturated heterocycles. The minimum absolute atomic E-state index is 0.0653. The third-order valence-corrected chi connectivity index (χ3v) is 8.62. The molecule has 0 amide bonds. The standard InChI is InChI=1S/C43H55N3O9/c1-30(2)22-33-10-7-13-36(25-33)28-53-29-52-19-16-44-41(49)45(17-20-54-39(47)37-14-8-11-34(26-37)23-31(3)4)43(51)46(42(44)50)18-21-55-40(48)38-15-9-12-35(27-38)24-32(5)6/h7-15,25-27,30-32H,16-24,28-29H2,1-6H3. The zero-order valence-electron chi connectivity index (χ0n) is 33.0. The molecular weight excluding hydrogens is 702 g/mol. The first-order chi connectivity index (χ1) is 26.3. The van der Waals surface area contributed by atoms with E-state index in [-0.39, 0.29) is 46.2 Å². The molecule has 0 aliphatic rings. The molecule has 12 nitrogen and oxygen atoms in total. The Labute approximate surface area is 322 Å². The Kier molecular flexibility index (Phi) is 16.4. The van der Waals surface area contributed by atoms with Crippen LogP contribution in [0.1, 0.15) is 84.5 Å². The Hall–Kier alpha value is -5.07. The van der Waals surface area contributed by atoms with E-state index in [1.54, 1.807) is 36.4 Å². The number of aromatic nitrogens is 3. The molecule has 0 saturated carbocycles. The van der Waals surface area contributed by atoms with Gasteiger partial charge in [0.15, 0.2) is 0 Å². The summed E-state index contributed by atoms with van der Waals surface area (Å²) in [6.45, 7) is 11.4. The highest BCUT2D eigenvalue weighted by atomic mass is 16.7. The van der Waals surface area contributed by atoms with Crippen molar-refractivity contribution in [3.05, 3.63) is 138 Å². The Morgan fingerprint density at radius 3 is 1.33 bits per heavy atom. The molecule has 4 rings (SSSR count). The second kappa shape index (κ2) is 21.1. The molecule has 0 atom stereocenters. The average molecular weight is 758 g/mol. The number of ether oxygens (including phenoxy) is 4. The summed E-state index contributed by atoms with van der Waals surface area (Å²) in [5.74, 6) is 0.126. The molecule has 55 heavy (non-hydrogen) atoms. The van der Waals surface area contributed by atoms with Crippen LogP contribution in [0.5, 0.6) is 0 Å². The van der Waals surface area contributed by atoms with E-state index in [2.05, 4.69) is 53.7 Å². The van der Waals surface area contributed by atoms with Gasteiger partial charge in [-0.1, -0.05) is 90.1 Å². The first kappa shape index (κ1) is 42.7. The lowest BCUT2D eigenvalue weighted by atomic mass is 10.0. The van der Waals surface area contributed by atoms with Gasteiger partial charge in [-0.3, -0.25) is 0 Å². The van der Waals surface area contributed by atoms with Gasteiger partial charge in [-0.25, -0.2) is 37.7 Å². The van der Waals surface area contributed by atoms with E-state index in [0.29, 0.717) is 35.5 Å². The Balaban J connectivity index is 1.45. The second-order valence-corrected chi connectivity index (χ2v) is 15.0. The van der Waals surface area contributed by atoms with Crippen LogP contribution in [-0.4, -0.2) is 52.3 Å². The van der Waals surface area contributed by atoms with Gasteiger partial charge in [0.05, 0.1) is 44.0 Å². The fourth-order valence-electron chi connectivity index (χ4n) is 6.23. The van der Waals surface area contributed by atoms with E-state index in [4.69, 9.17) is 18.9 Å². The molecule has 0 radical (unpaired) electrons. The zero-order valence-corrected chi connectivity index (χ0v) is 33.0. The predicted octanol–water partition coefficient (Wildman–Crippen LogP) is 5.67. The molecule has 296 valence electrons. The Bertz CT molecular complexity index is 1950. The van der Waals surface area contributed by atoms with E-state index < -0.39 is 29.0 Å². The van der Waals surface area contributed by atoms with Crippen molar-refractivity contribution in [2.75, 3.05) is 26.6 Å². The van der Waals surface area contributed by atoms with E-state index in [1.807, 2.05) is 24.3 Å². The summed E-state index contributed by atoms with van der Waals surface area (Å²) < 4.78 is 24.7. The molecular formula is C43H55N3O9. The minimum atomic E-state index is -0.917. The third-order valence-electron chi connectivity index (χ3n) is 8.62. The summed E-state index contributed by atoms with van der Waals surface area (Å²) >= 11 is 0. The van der Waals surface area contributed by atoms with Crippen LogP contribution in [0, 0.1) is 17.8 Å². The highest BCUT2D eigenvalue weighted by Crippen LogP contribution is 2.14. The fourth-order valence-corrected chi connectivity index (χ4v) is 6.23. The molecule has 4 aromatic rings. The normalized spacial score (nSPS) is 11.4. The Morgan fingerprint density at radius 1 is 0.509 bits per heavy atom. The first-order valence-corrected chi connectivity index (χ1v) is 19.0. The number of carbonyl (C=O) groups excluding carboxylic acids is 2. The van der Waals surface area contributed by atoms with Crippen molar-refractivity contribution in [3.63, 3.8) is 0 Å². The van der Waals surface area contributed by atoms with Gasteiger partial charge >= 0.3 is 29.0 Å². The van der Waals surface area contributed by atoms with E-state index >= 15 is 0 Å². The molecule has 0 fully saturated rings. The molecule has 0 N–H and O–H groups in total. The van der Waals surface area contributed by atoms with Crippen LogP contribution >= 0.6 is 0 Å². The SMILES string of the molecule is CC(C)Cc1cccc(COCOCCn2c(=O)n(CCOC(=O)c3cccc(CC(C)C)c3)c(=O)n(CCOC(=O)c3cccc(CC(C)C)c3)c2=O)c1. The monoisotopic (exact) mass is 757 g/mol. The number of esters is 2. The van der Waals surface area contributed by atoms with Crippen molar-refractivity contribution >= 4 is 11.9 Å². The summed E-state index contributed by atoms with van der Waals surface area (Å²) in [7, 11) is 0. The lowest BCUT2D eigenvalue weighted by Crippen LogP contribution is -2.55. The van der Waals surface area contributed by atoms with Crippen LogP contribution < -0.4 is 17.1 Å². The molecule has 1 aromatic heterocycles. The average Bonchev–Trinajstić information content (AvgIpc) is 3.13. The van der Waals surface area contributed by atoms with Crippen LogP contribution in [0.2, 0.25) is 0 Å². The van der Waals surface area contributed by atoms with Crippen molar-refractivity contribution < 1.29 is 28.5 Å². The molecule has 0 aliphatic heterocycles. The van der Waals surface area contributed by atoms with Gasteiger partial charge in [0.1, 0.15) is 20.0 Å². The molecule has 1 heterocycles. The lowest BCUT2D eigenvalue weighted by Gasteiger charge is -2.15. The lowest BCUT2D eigenvalue weighted by molar-refractivity contribution is -0.0639. The van der Waals surface area contributed by atoms with E-state index in [0.717, 1.165) is 49.7 Å². The maximum absolute atomic E-state index is 13.6. The Morgan fingerprint density at radius 2 is 0.891 bits per heavy atom. The summed E-state index contributed by atoms with van der Waals surface area (Å²) in [6.07, 6.45) is 2.54. The van der Waals surface area contributed by atoms with Gasteiger partial charge in [0, 0.05) is 0 Å². The van der Waals surface area contributed by atoms with Gasteiger partial charge in [0.2, 0.25) is 0 Å². The van der Waals surface area contributed by atoms with Crippen molar-refractivity contribution in [1.82, 2.24) is 13.7 Å². The minimum Gasteiger partial charge on any atom is -0.460 e. The van der Waals surface area contributed by atoms with Gasteiger partial charge in [0.25, 0.3) is 0 Å². The highest BCUT2D eigenvalue weighted by Gasteiger charge is 2.18. The van der Waals surface area contributed by atoms with Crippen molar-refractivity contribution in [3.8, 4) is 0 Å². The largest absolute Gasteiger partial charge is 0.460 e. The first-order valence-electron chi connectivity index (χ1n) is 19.0. The summed E-state index contributed by atoms with van der Waals surface area (Å²) in [4.78, 5) is 66.4. The van der Waals surface area contributed by atoms with Gasteiger partial charge in [-0.05, 0) is 83.5 Å². The second-order valence-electron chi connectivity index (χ2n) is 15.0. The van der Waals surface area contributed by atoms with Crippen LogP contribution in [0.3, 0.4) is 0 Å². The van der Waals surface area contributed by atoms with Crippen LogP contribution in [0.25, 0.3) is 0 Å². The van der Waals surface area contributed by atoms with Crippen LogP contribution in [0.15, 0.2) is 87.2 Å². The maximum Gasteiger partial charge on any atom is 0.338 e. The molecule has 12 heteroatoms. The predicted molar refractivity (Wildman–Crippen MR) is 210 cm³/mol. The number of benzene rings is 3. The molecule has 0 bridgehead atoms. The molecule has 0 aliphatic carbocycles. The van der Waals surface area contributed by atoms with Crippen LogP contribution in [-0.2, 0) is 64.5 Å². The summed E-state index contributed by atoms with van der Waals surface area (Å²) in [5.41, 5.74) is 2.23. The van der Waals surface area contributed by atoms with Crippen LogP contribution in [0.4, 0.5) is 0 Å². The van der Waals surface area contributed by atoms with Gasteiger partial charge in [-0.2, -0.15) is 0 Å². The topological polar surface area (TPSA) is 137 Å². The number of carbonyl (C=O) groups is 2. The van der Waals surface area contributed by atoms with E-state index in [9.17, 15) is 24.0 Å². The zero-order chi connectivity index (χ0) is 39.9. The van der Waals surface area contributed by atoms with Crippen molar-refractivity contribution in [2.45, 2.75) is 87.0 Å². The van der Waals surface area contributed by atoms with Crippen molar-refractivity contribution in [2.24, 2.45) is 17.8 Å². The number of hydrogen-bond acceptors (Lipinski definition) is 9. The molecule has 0 spiro atoms. The van der Waals surface area contributed by atoms with E-state index in [1.165, 1.54) is 5.56 Å². The smallest absolute Gasteiger partial charge is 0.338 e. The fraction of sp³-hybridized carbons (Fsp3) is 0.465. The molecule has 3 aromatic carbocycles. The number of nitrogens with zero attached hydrogens (tertiary/aromatic N) is 3. The van der Waals surface area contributed by atoms with Crippen molar-refractivity contribution in [1.29, 1.82) is 0 Å². The molecule has 0 unspecified atom stereocenters. The summed E-state index contributed by atoms with van der Waals surface area (Å²) in [6, 6.07) is 22.4. The summed E-state index contributed by atoms with van der Waals surface area (Å²) in [5, 5.41) is 0. The quantitative estimate of drug-likeness (QED) is 0.0598. The highest BCUT2D eigenvalue weighted by molar-refractivity contribution is 5.90. The van der Waals surface area contributed by atoms with Gasteiger partial charge in [-0.15, -0.1) is 0 Å². The number of hydrogen-bond donors (Lipinski definition) is 0. The maximum atomic E-state index is 13.6. The van der Waals surface area contributed by atoms with Gasteiger partial charge < -0.3 is 18.9 Å². The third kappa shape index (κ3) is 13.3. The number of rotatable bonds is 21.